The fourth-order valence-electron chi connectivity index (χ4n) is 1.03. The summed E-state index contributed by atoms with van der Waals surface area (Å²) in [5.41, 5.74) is 4.15. The molecule has 0 spiro atoms. The number of aliphatic carboxylic acids is 1. The molecule has 1 atom stereocenters. The monoisotopic (exact) mass is 238 g/mol. The van der Waals surface area contributed by atoms with E-state index in [0.717, 1.165) is 6.26 Å². The van der Waals surface area contributed by atoms with Crippen LogP contribution in [0.1, 0.15) is 6.92 Å². The van der Waals surface area contributed by atoms with Gasteiger partial charge in [0, 0.05) is 19.3 Å². The summed E-state index contributed by atoms with van der Waals surface area (Å²) < 4.78 is 21.7. The fraction of sp³-hybridized carbons (Fsp3) is 0.875. The summed E-state index contributed by atoms with van der Waals surface area (Å²) >= 11 is 0. The van der Waals surface area contributed by atoms with Crippen LogP contribution in [0.2, 0.25) is 0 Å². The van der Waals surface area contributed by atoms with Crippen molar-refractivity contribution in [3.63, 3.8) is 0 Å². The highest BCUT2D eigenvalue weighted by Crippen LogP contribution is 2.02. The molecular formula is C8H18N2O4S. The first-order chi connectivity index (χ1) is 6.54. The number of hydrogen-bond acceptors (Lipinski definition) is 5. The fourth-order valence-corrected chi connectivity index (χ4v) is 1.67. The Bertz CT molecular complexity index is 324. The molecule has 0 fully saturated rings. The van der Waals surface area contributed by atoms with E-state index in [1.165, 1.54) is 6.92 Å². The Morgan fingerprint density at radius 2 is 2.00 bits per heavy atom. The van der Waals surface area contributed by atoms with Gasteiger partial charge in [-0.05, 0) is 14.0 Å². The molecule has 0 aromatic carbocycles. The minimum absolute atomic E-state index is 0.000795. The molecular weight excluding hydrogens is 220 g/mol. The maximum Gasteiger partial charge on any atom is 0.324 e. The third-order valence-corrected chi connectivity index (χ3v) is 2.85. The first kappa shape index (κ1) is 14.3. The molecule has 6 nitrogen and oxygen atoms in total. The highest BCUT2D eigenvalue weighted by Gasteiger charge is 2.29. The number of nitrogens with zero attached hydrogens (tertiary/aromatic N) is 1. The predicted molar refractivity (Wildman–Crippen MR) is 57.4 cm³/mol. The number of likely N-dealkylation sites (N-methyl/N-ethyl adjacent to an activating group) is 1. The first-order valence-corrected chi connectivity index (χ1v) is 6.49. The average molecular weight is 238 g/mol. The molecule has 0 aromatic rings. The van der Waals surface area contributed by atoms with Crippen molar-refractivity contribution in [2.24, 2.45) is 5.73 Å². The number of nitrogens with two attached hydrogens (primary N) is 1. The van der Waals surface area contributed by atoms with Crippen molar-refractivity contribution in [3.8, 4) is 0 Å². The lowest BCUT2D eigenvalue weighted by molar-refractivity contribution is -0.143. The zero-order valence-electron chi connectivity index (χ0n) is 9.23. The quantitative estimate of drug-likeness (QED) is 0.600. The van der Waals surface area contributed by atoms with Gasteiger partial charge in [-0.1, -0.05) is 0 Å². The largest absolute Gasteiger partial charge is 0.480 e. The standard InChI is InChI=1S/C8H18N2O4S/c1-8(9,7(11)12)6-10(2)4-5-15(3,13)14/h4-6,9H2,1-3H3,(H,11,12). The van der Waals surface area contributed by atoms with E-state index < -0.39 is 21.3 Å². The molecule has 90 valence electrons. The lowest BCUT2D eigenvalue weighted by atomic mass is 10.0. The predicted octanol–water partition coefficient (Wildman–Crippen LogP) is -1.24. The molecule has 1 unspecified atom stereocenters. The minimum Gasteiger partial charge on any atom is -0.480 e. The lowest BCUT2D eigenvalue weighted by Gasteiger charge is -2.25. The number of carboxylic acid groups (broad SMARTS) is 1. The Labute approximate surface area is 90.0 Å². The Kier molecular flexibility index (Phi) is 4.69. The molecule has 0 aromatic heterocycles. The van der Waals surface area contributed by atoms with Crippen molar-refractivity contribution in [2.45, 2.75) is 12.5 Å². The van der Waals surface area contributed by atoms with Crippen molar-refractivity contribution < 1.29 is 18.3 Å². The second-order valence-electron chi connectivity index (χ2n) is 4.09. The summed E-state index contributed by atoms with van der Waals surface area (Å²) in [6.07, 6.45) is 1.14. The maximum absolute atomic E-state index is 10.9. The van der Waals surface area contributed by atoms with E-state index in [1.54, 1.807) is 11.9 Å². The maximum atomic E-state index is 10.9. The molecule has 0 radical (unpaired) electrons. The summed E-state index contributed by atoms with van der Waals surface area (Å²) in [5, 5.41) is 8.75. The molecule has 7 heteroatoms. The third kappa shape index (κ3) is 6.43. The van der Waals surface area contributed by atoms with Gasteiger partial charge >= 0.3 is 5.97 Å². The van der Waals surface area contributed by atoms with Gasteiger partial charge in [0.05, 0.1) is 5.75 Å². The van der Waals surface area contributed by atoms with Gasteiger partial charge in [0.2, 0.25) is 0 Å². The Morgan fingerprint density at radius 1 is 1.53 bits per heavy atom. The van der Waals surface area contributed by atoms with Crippen LogP contribution in [0.4, 0.5) is 0 Å². The lowest BCUT2D eigenvalue weighted by Crippen LogP contribution is -2.53. The van der Waals surface area contributed by atoms with Gasteiger partial charge in [-0.3, -0.25) is 4.79 Å². The summed E-state index contributed by atoms with van der Waals surface area (Å²) in [6.45, 7) is 1.78. The number of sulfone groups is 1. The molecule has 0 aliphatic carbocycles. The molecule has 15 heavy (non-hydrogen) atoms. The van der Waals surface area contributed by atoms with E-state index in [4.69, 9.17) is 10.8 Å². The summed E-state index contributed by atoms with van der Waals surface area (Å²) in [4.78, 5) is 12.3. The minimum atomic E-state index is -3.02. The number of carboxylic acids is 1. The van der Waals surface area contributed by atoms with Crippen molar-refractivity contribution in [1.82, 2.24) is 4.90 Å². The van der Waals surface area contributed by atoms with Crippen molar-refractivity contribution in [1.29, 1.82) is 0 Å². The molecule has 0 bridgehead atoms. The highest BCUT2D eigenvalue weighted by molar-refractivity contribution is 7.90. The van der Waals surface area contributed by atoms with Gasteiger partial charge in [0.15, 0.2) is 0 Å². The van der Waals surface area contributed by atoms with Crippen LogP contribution in [0.25, 0.3) is 0 Å². The van der Waals surface area contributed by atoms with Crippen LogP contribution in [0.15, 0.2) is 0 Å². The summed E-state index contributed by atoms with van der Waals surface area (Å²) in [7, 11) is -1.39. The molecule has 0 heterocycles. The summed E-state index contributed by atoms with van der Waals surface area (Å²) in [6, 6.07) is 0. The third-order valence-electron chi connectivity index (χ3n) is 1.93. The number of carbonyl (C=O) groups is 1. The molecule has 0 aliphatic rings. The Morgan fingerprint density at radius 3 is 2.33 bits per heavy atom. The van der Waals surface area contributed by atoms with E-state index in [1.807, 2.05) is 0 Å². The number of rotatable bonds is 6. The van der Waals surface area contributed by atoms with Gasteiger partial charge in [0.1, 0.15) is 15.4 Å². The molecule has 0 rings (SSSR count). The molecule has 0 saturated carbocycles. The topological polar surface area (TPSA) is 101 Å². The van der Waals surface area contributed by atoms with Crippen LogP contribution >= 0.6 is 0 Å². The van der Waals surface area contributed by atoms with E-state index in [-0.39, 0.29) is 18.8 Å². The zero-order chi connectivity index (χ0) is 12.3. The van der Waals surface area contributed by atoms with Crippen molar-refractivity contribution in [3.05, 3.63) is 0 Å². The van der Waals surface area contributed by atoms with Gasteiger partial charge < -0.3 is 15.7 Å². The van der Waals surface area contributed by atoms with E-state index in [2.05, 4.69) is 0 Å². The van der Waals surface area contributed by atoms with Crippen LogP contribution in [0, 0.1) is 0 Å². The molecule has 0 saturated heterocycles. The van der Waals surface area contributed by atoms with Crippen LogP contribution in [-0.4, -0.2) is 62.1 Å². The highest BCUT2D eigenvalue weighted by atomic mass is 32.2. The van der Waals surface area contributed by atoms with Crippen LogP contribution in [0.5, 0.6) is 0 Å². The van der Waals surface area contributed by atoms with Gasteiger partial charge in [-0.15, -0.1) is 0 Å². The van der Waals surface area contributed by atoms with E-state index in [0.29, 0.717) is 0 Å². The normalized spacial score (nSPS) is 16.3. The zero-order valence-corrected chi connectivity index (χ0v) is 10.0. The molecule has 0 aliphatic heterocycles. The summed E-state index contributed by atoms with van der Waals surface area (Å²) in [5.74, 6) is -1.10. The molecule has 3 N–H and O–H groups in total. The Balaban J connectivity index is 4.16. The average Bonchev–Trinajstić information content (AvgIpc) is 1.98. The van der Waals surface area contributed by atoms with E-state index in [9.17, 15) is 13.2 Å². The van der Waals surface area contributed by atoms with Crippen molar-refractivity contribution >= 4 is 15.8 Å². The van der Waals surface area contributed by atoms with Crippen molar-refractivity contribution in [2.75, 3.05) is 32.1 Å². The van der Waals surface area contributed by atoms with Crippen LogP contribution < -0.4 is 5.73 Å². The van der Waals surface area contributed by atoms with Crippen LogP contribution in [0.3, 0.4) is 0 Å². The van der Waals surface area contributed by atoms with Gasteiger partial charge in [0.25, 0.3) is 0 Å². The van der Waals surface area contributed by atoms with E-state index >= 15 is 0 Å². The van der Waals surface area contributed by atoms with Gasteiger partial charge in [-0.2, -0.15) is 0 Å². The van der Waals surface area contributed by atoms with Gasteiger partial charge in [-0.25, -0.2) is 8.42 Å². The second kappa shape index (κ2) is 4.91. The number of hydrogen-bond donors (Lipinski definition) is 2. The smallest absolute Gasteiger partial charge is 0.324 e. The Hall–Kier alpha value is -0.660. The first-order valence-electron chi connectivity index (χ1n) is 4.43. The van der Waals surface area contributed by atoms with Crippen LogP contribution in [-0.2, 0) is 14.6 Å². The molecule has 0 amide bonds. The SMILES string of the molecule is CN(CCS(C)(=O)=O)CC(C)(N)C(=O)O. The second-order valence-corrected chi connectivity index (χ2v) is 6.35.